The van der Waals surface area contributed by atoms with Crippen molar-refractivity contribution in [2.75, 3.05) is 32.1 Å². The summed E-state index contributed by atoms with van der Waals surface area (Å²) in [4.78, 5) is 37.5. The third kappa shape index (κ3) is 7.77. The Morgan fingerprint density at radius 2 is 1.68 bits per heavy atom. The zero-order valence-corrected chi connectivity index (χ0v) is 18.5. The van der Waals surface area contributed by atoms with Crippen LogP contribution in [0.1, 0.15) is 37.8 Å². The van der Waals surface area contributed by atoms with Crippen LogP contribution in [0.4, 0.5) is 5.69 Å². The van der Waals surface area contributed by atoms with Crippen molar-refractivity contribution in [2.24, 2.45) is 0 Å². The highest BCUT2D eigenvalue weighted by molar-refractivity contribution is 5.95. The molecule has 0 saturated heterocycles. The molecule has 0 aliphatic heterocycles. The highest BCUT2D eigenvalue weighted by Gasteiger charge is 2.16. The number of likely N-dealkylation sites (N-methyl/N-ethyl adjacent to an activating group) is 1. The van der Waals surface area contributed by atoms with Gasteiger partial charge in [-0.1, -0.05) is 51.1 Å². The zero-order valence-electron chi connectivity index (χ0n) is 18.5. The summed E-state index contributed by atoms with van der Waals surface area (Å²) >= 11 is 0. The number of para-hydroxylation sites is 1. The standard InChI is InChI=1S/C24H30N2O5/c1-5-18-8-6-7-9-21(18)25-22(27)14-26(4)23(28)15-31-24(29)16-30-20-12-10-19(11-13-20)17(2)3/h6-13,17H,5,14-16H2,1-4H3,(H,25,27). The van der Waals surface area contributed by atoms with Gasteiger partial charge in [0.15, 0.2) is 13.2 Å². The number of rotatable bonds is 10. The van der Waals surface area contributed by atoms with Crippen LogP contribution in [-0.4, -0.2) is 49.5 Å². The monoisotopic (exact) mass is 426 g/mol. The molecule has 0 aliphatic rings. The number of benzene rings is 2. The quantitative estimate of drug-likeness (QED) is 0.589. The van der Waals surface area contributed by atoms with Crippen LogP contribution in [0.15, 0.2) is 48.5 Å². The van der Waals surface area contributed by atoms with Crippen LogP contribution in [0.5, 0.6) is 5.75 Å². The first-order valence-electron chi connectivity index (χ1n) is 10.3. The molecule has 2 rings (SSSR count). The zero-order chi connectivity index (χ0) is 22.8. The van der Waals surface area contributed by atoms with Gasteiger partial charge in [-0.25, -0.2) is 4.79 Å². The fraction of sp³-hybridized carbons (Fsp3) is 0.375. The molecule has 0 aromatic heterocycles. The third-order valence-electron chi connectivity index (χ3n) is 4.74. The number of nitrogens with one attached hydrogen (secondary N) is 1. The molecule has 1 N–H and O–H groups in total. The van der Waals surface area contributed by atoms with E-state index in [4.69, 9.17) is 9.47 Å². The van der Waals surface area contributed by atoms with Crippen molar-refractivity contribution >= 4 is 23.5 Å². The molecule has 0 aliphatic carbocycles. The molecule has 31 heavy (non-hydrogen) atoms. The summed E-state index contributed by atoms with van der Waals surface area (Å²) in [7, 11) is 1.48. The molecule has 0 saturated carbocycles. The summed E-state index contributed by atoms with van der Waals surface area (Å²) in [6.45, 7) is 5.28. The van der Waals surface area contributed by atoms with E-state index >= 15 is 0 Å². The summed E-state index contributed by atoms with van der Waals surface area (Å²) in [5, 5.41) is 2.80. The molecule has 2 aromatic rings. The average Bonchev–Trinajstić information content (AvgIpc) is 2.76. The molecule has 0 atom stereocenters. The molecule has 0 unspecified atom stereocenters. The molecule has 0 heterocycles. The number of carbonyl (C=O) groups excluding carboxylic acids is 3. The minimum absolute atomic E-state index is 0.146. The number of hydrogen-bond acceptors (Lipinski definition) is 5. The van der Waals surface area contributed by atoms with Gasteiger partial charge in [-0.05, 0) is 41.7 Å². The molecule has 2 amide bonds. The van der Waals surface area contributed by atoms with E-state index < -0.39 is 18.5 Å². The predicted molar refractivity (Wildman–Crippen MR) is 119 cm³/mol. The SMILES string of the molecule is CCc1ccccc1NC(=O)CN(C)C(=O)COC(=O)COc1ccc(C(C)C)cc1. The number of amides is 2. The Hall–Kier alpha value is -3.35. The van der Waals surface area contributed by atoms with Crippen LogP contribution in [0, 0.1) is 0 Å². The molecule has 0 bridgehead atoms. The summed E-state index contributed by atoms with van der Waals surface area (Å²) in [6.07, 6.45) is 0.783. The van der Waals surface area contributed by atoms with Crippen molar-refractivity contribution in [2.45, 2.75) is 33.1 Å². The van der Waals surface area contributed by atoms with Gasteiger partial charge >= 0.3 is 5.97 Å². The Labute approximate surface area is 183 Å². The molecule has 0 spiro atoms. The Morgan fingerprint density at radius 3 is 2.32 bits per heavy atom. The van der Waals surface area contributed by atoms with E-state index in [-0.39, 0.29) is 19.1 Å². The molecule has 7 nitrogen and oxygen atoms in total. The normalized spacial score (nSPS) is 10.5. The highest BCUT2D eigenvalue weighted by atomic mass is 16.6. The maximum atomic E-state index is 12.2. The first-order chi connectivity index (χ1) is 14.8. The van der Waals surface area contributed by atoms with Crippen LogP contribution >= 0.6 is 0 Å². The lowest BCUT2D eigenvalue weighted by Gasteiger charge is -2.17. The average molecular weight is 427 g/mol. The molecular formula is C24H30N2O5. The fourth-order valence-electron chi connectivity index (χ4n) is 2.83. The lowest BCUT2D eigenvalue weighted by atomic mass is 10.0. The van der Waals surface area contributed by atoms with Crippen molar-refractivity contribution in [3.8, 4) is 5.75 Å². The molecule has 0 fully saturated rings. The van der Waals surface area contributed by atoms with Gasteiger partial charge in [0.25, 0.3) is 5.91 Å². The minimum atomic E-state index is -0.656. The van der Waals surface area contributed by atoms with Gasteiger partial charge in [0.05, 0.1) is 6.54 Å². The molecule has 7 heteroatoms. The van der Waals surface area contributed by atoms with Crippen LogP contribution in [0.3, 0.4) is 0 Å². The van der Waals surface area contributed by atoms with E-state index in [9.17, 15) is 14.4 Å². The second-order valence-electron chi connectivity index (χ2n) is 7.48. The first kappa shape index (κ1) is 23.9. The Morgan fingerprint density at radius 1 is 1.00 bits per heavy atom. The Bertz CT molecular complexity index is 893. The largest absolute Gasteiger partial charge is 0.482 e. The van der Waals surface area contributed by atoms with Crippen molar-refractivity contribution in [1.29, 1.82) is 0 Å². The highest BCUT2D eigenvalue weighted by Crippen LogP contribution is 2.18. The lowest BCUT2D eigenvalue weighted by Crippen LogP contribution is -2.37. The van der Waals surface area contributed by atoms with Gasteiger partial charge in [-0.3, -0.25) is 9.59 Å². The number of hydrogen-bond donors (Lipinski definition) is 1. The summed E-state index contributed by atoms with van der Waals surface area (Å²) < 4.78 is 10.3. The van der Waals surface area contributed by atoms with Crippen LogP contribution in [0.2, 0.25) is 0 Å². The summed E-state index contributed by atoms with van der Waals surface area (Å²) in [5.41, 5.74) is 2.91. The van der Waals surface area contributed by atoms with Crippen LogP contribution < -0.4 is 10.1 Å². The maximum absolute atomic E-state index is 12.2. The predicted octanol–water partition coefficient (Wildman–Crippen LogP) is 3.39. The summed E-state index contributed by atoms with van der Waals surface area (Å²) in [6, 6.07) is 14.9. The van der Waals surface area contributed by atoms with Gasteiger partial charge in [0, 0.05) is 12.7 Å². The lowest BCUT2D eigenvalue weighted by molar-refractivity contribution is -0.153. The van der Waals surface area contributed by atoms with E-state index in [1.165, 1.54) is 17.5 Å². The number of carbonyl (C=O) groups is 3. The van der Waals surface area contributed by atoms with Crippen molar-refractivity contribution in [1.82, 2.24) is 4.90 Å². The van der Waals surface area contributed by atoms with Crippen LogP contribution in [-0.2, 0) is 25.5 Å². The van der Waals surface area contributed by atoms with Gasteiger partial charge < -0.3 is 19.7 Å². The maximum Gasteiger partial charge on any atom is 0.344 e. The van der Waals surface area contributed by atoms with Crippen molar-refractivity contribution in [3.63, 3.8) is 0 Å². The fourth-order valence-corrected chi connectivity index (χ4v) is 2.83. The van der Waals surface area contributed by atoms with Gasteiger partial charge in [0.2, 0.25) is 5.91 Å². The van der Waals surface area contributed by atoms with Gasteiger partial charge in [-0.15, -0.1) is 0 Å². The molecule has 2 aromatic carbocycles. The number of nitrogens with zero attached hydrogens (tertiary/aromatic N) is 1. The first-order valence-corrected chi connectivity index (χ1v) is 10.3. The number of anilines is 1. The van der Waals surface area contributed by atoms with E-state index in [0.717, 1.165) is 17.7 Å². The van der Waals surface area contributed by atoms with Gasteiger partial charge in [0.1, 0.15) is 5.75 Å². The second kappa shape index (κ2) is 11.7. The third-order valence-corrected chi connectivity index (χ3v) is 4.74. The van der Waals surface area contributed by atoms with Crippen LogP contribution in [0.25, 0.3) is 0 Å². The molecule has 0 radical (unpaired) electrons. The molecule has 166 valence electrons. The van der Waals surface area contributed by atoms with Gasteiger partial charge in [-0.2, -0.15) is 0 Å². The number of ether oxygens (including phenoxy) is 2. The van der Waals surface area contributed by atoms with E-state index in [2.05, 4.69) is 19.2 Å². The Balaban J connectivity index is 1.73. The minimum Gasteiger partial charge on any atom is -0.482 e. The Kier molecular flexibility index (Phi) is 9.06. The van der Waals surface area contributed by atoms with E-state index in [0.29, 0.717) is 11.7 Å². The summed E-state index contributed by atoms with van der Waals surface area (Å²) in [5.74, 6) is -0.500. The second-order valence-corrected chi connectivity index (χ2v) is 7.48. The number of aryl methyl sites for hydroxylation is 1. The topological polar surface area (TPSA) is 84.9 Å². The van der Waals surface area contributed by atoms with Crippen molar-refractivity contribution < 1.29 is 23.9 Å². The molecular weight excluding hydrogens is 396 g/mol. The number of esters is 1. The van der Waals surface area contributed by atoms with Crippen molar-refractivity contribution in [3.05, 3.63) is 59.7 Å². The van der Waals surface area contributed by atoms with E-state index in [1.807, 2.05) is 43.3 Å². The van der Waals surface area contributed by atoms with E-state index in [1.54, 1.807) is 12.1 Å². The smallest absolute Gasteiger partial charge is 0.344 e.